The van der Waals surface area contributed by atoms with Gasteiger partial charge in [0.05, 0.1) is 12.7 Å². The number of carbonyl (C=O) groups excluding carboxylic acids is 2. The minimum atomic E-state index is -0.958. The molecule has 0 radical (unpaired) electrons. The summed E-state index contributed by atoms with van der Waals surface area (Å²) in [6, 6.07) is 11.5. The van der Waals surface area contributed by atoms with Gasteiger partial charge in [0.15, 0.2) is 17.6 Å². The van der Waals surface area contributed by atoms with Gasteiger partial charge in [-0.15, -0.1) is 0 Å². The summed E-state index contributed by atoms with van der Waals surface area (Å²) in [5.41, 5.74) is 0.866. The first-order valence-electron chi connectivity index (χ1n) is 7.62. The smallest absolute Gasteiger partial charge is 0.338 e. The molecule has 2 aromatic carbocycles. The highest BCUT2D eigenvalue weighted by molar-refractivity contribution is 5.97. The van der Waals surface area contributed by atoms with Crippen LogP contribution in [0.1, 0.15) is 17.3 Å². The van der Waals surface area contributed by atoms with Crippen LogP contribution < -0.4 is 19.5 Å². The zero-order valence-electron chi connectivity index (χ0n) is 13.8. The lowest BCUT2D eigenvalue weighted by molar-refractivity contribution is -0.123. The molecule has 1 aliphatic rings. The standard InChI is InChI=1S/C18H17NO6/c1-11(25-18(21)12-3-6-14(22-2)7-4-12)17(20)19-13-5-8-15-16(9-13)24-10-23-15/h3-9,11H,10H2,1-2H3,(H,19,20)/t11-/m0/s1. The lowest BCUT2D eigenvalue weighted by Gasteiger charge is -2.14. The third-order valence-electron chi connectivity index (χ3n) is 3.62. The molecule has 0 aliphatic carbocycles. The third kappa shape index (κ3) is 3.82. The van der Waals surface area contributed by atoms with E-state index in [-0.39, 0.29) is 6.79 Å². The van der Waals surface area contributed by atoms with E-state index in [4.69, 9.17) is 18.9 Å². The van der Waals surface area contributed by atoms with Crippen LogP contribution in [-0.4, -0.2) is 31.9 Å². The van der Waals surface area contributed by atoms with Gasteiger partial charge < -0.3 is 24.3 Å². The zero-order chi connectivity index (χ0) is 17.8. The summed E-state index contributed by atoms with van der Waals surface area (Å²) in [4.78, 5) is 24.3. The van der Waals surface area contributed by atoms with Crippen molar-refractivity contribution in [3.63, 3.8) is 0 Å². The molecule has 0 unspecified atom stereocenters. The van der Waals surface area contributed by atoms with E-state index in [1.807, 2.05) is 0 Å². The van der Waals surface area contributed by atoms with Crippen molar-refractivity contribution in [1.29, 1.82) is 0 Å². The van der Waals surface area contributed by atoms with E-state index in [9.17, 15) is 9.59 Å². The number of rotatable bonds is 5. The minimum Gasteiger partial charge on any atom is -0.497 e. The molecule has 3 rings (SSSR count). The molecule has 0 fully saturated rings. The average Bonchev–Trinajstić information content (AvgIpc) is 3.09. The topological polar surface area (TPSA) is 83.1 Å². The minimum absolute atomic E-state index is 0.155. The van der Waals surface area contributed by atoms with E-state index in [0.717, 1.165) is 0 Å². The number of amides is 1. The van der Waals surface area contributed by atoms with Gasteiger partial charge in [-0.05, 0) is 43.3 Å². The first kappa shape index (κ1) is 16.6. The zero-order valence-corrected chi connectivity index (χ0v) is 13.8. The van der Waals surface area contributed by atoms with Gasteiger partial charge in [-0.3, -0.25) is 4.79 Å². The summed E-state index contributed by atoms with van der Waals surface area (Å²) < 4.78 is 20.7. The third-order valence-corrected chi connectivity index (χ3v) is 3.62. The van der Waals surface area contributed by atoms with E-state index in [1.165, 1.54) is 14.0 Å². The van der Waals surface area contributed by atoms with Crippen LogP contribution in [0.5, 0.6) is 17.2 Å². The summed E-state index contributed by atoms with van der Waals surface area (Å²) >= 11 is 0. The monoisotopic (exact) mass is 343 g/mol. The maximum Gasteiger partial charge on any atom is 0.338 e. The summed E-state index contributed by atoms with van der Waals surface area (Å²) in [5.74, 6) is 0.777. The summed E-state index contributed by atoms with van der Waals surface area (Å²) in [5, 5.41) is 2.67. The number of hydrogen-bond donors (Lipinski definition) is 1. The SMILES string of the molecule is COc1ccc(C(=O)O[C@@H](C)C(=O)Nc2ccc3c(c2)OCO3)cc1. The van der Waals surface area contributed by atoms with Crippen molar-refractivity contribution in [2.45, 2.75) is 13.0 Å². The lowest BCUT2D eigenvalue weighted by Crippen LogP contribution is -2.30. The molecular formula is C18H17NO6. The fourth-order valence-corrected chi connectivity index (χ4v) is 2.23. The predicted octanol–water partition coefficient (Wildman–Crippen LogP) is 2.61. The van der Waals surface area contributed by atoms with Gasteiger partial charge in [-0.2, -0.15) is 0 Å². The Bertz CT molecular complexity index is 787. The maximum atomic E-state index is 12.2. The Hall–Kier alpha value is -3.22. The highest BCUT2D eigenvalue weighted by atomic mass is 16.7. The fourth-order valence-electron chi connectivity index (χ4n) is 2.23. The lowest BCUT2D eigenvalue weighted by atomic mass is 10.2. The molecule has 0 saturated carbocycles. The summed E-state index contributed by atoms with van der Waals surface area (Å²) in [7, 11) is 1.54. The summed E-state index contributed by atoms with van der Waals surface area (Å²) in [6.07, 6.45) is -0.958. The van der Waals surface area contributed by atoms with E-state index in [0.29, 0.717) is 28.5 Å². The van der Waals surface area contributed by atoms with Crippen LogP contribution in [0.25, 0.3) is 0 Å². The molecular weight excluding hydrogens is 326 g/mol. The molecule has 7 heteroatoms. The number of ether oxygens (including phenoxy) is 4. The molecule has 1 atom stereocenters. The number of anilines is 1. The Kier molecular flexibility index (Phi) is 4.74. The number of methoxy groups -OCH3 is 1. The van der Waals surface area contributed by atoms with Gasteiger partial charge in [0, 0.05) is 11.8 Å². The van der Waals surface area contributed by atoms with Crippen LogP contribution in [0, 0.1) is 0 Å². The molecule has 130 valence electrons. The second-order valence-electron chi connectivity index (χ2n) is 5.33. The molecule has 2 aromatic rings. The quantitative estimate of drug-likeness (QED) is 0.840. The normalized spacial score (nSPS) is 13.0. The first-order valence-corrected chi connectivity index (χ1v) is 7.62. The number of nitrogens with one attached hydrogen (secondary N) is 1. The van der Waals surface area contributed by atoms with E-state index in [1.54, 1.807) is 42.5 Å². The average molecular weight is 343 g/mol. The Morgan fingerprint density at radius 2 is 1.80 bits per heavy atom. The fraction of sp³-hybridized carbons (Fsp3) is 0.222. The molecule has 0 spiro atoms. The van der Waals surface area contributed by atoms with Crippen molar-refractivity contribution in [3.05, 3.63) is 48.0 Å². The van der Waals surface area contributed by atoms with Crippen molar-refractivity contribution in [2.75, 3.05) is 19.2 Å². The van der Waals surface area contributed by atoms with Crippen LogP contribution in [0.15, 0.2) is 42.5 Å². The Morgan fingerprint density at radius 1 is 1.08 bits per heavy atom. The van der Waals surface area contributed by atoms with Crippen LogP contribution in [-0.2, 0) is 9.53 Å². The molecule has 25 heavy (non-hydrogen) atoms. The van der Waals surface area contributed by atoms with Gasteiger partial charge in [-0.1, -0.05) is 0 Å². The molecule has 1 N–H and O–H groups in total. The van der Waals surface area contributed by atoms with E-state index < -0.39 is 18.0 Å². The van der Waals surface area contributed by atoms with Gasteiger partial charge in [0.25, 0.3) is 5.91 Å². The van der Waals surface area contributed by atoms with Crippen molar-refractivity contribution in [1.82, 2.24) is 0 Å². The van der Waals surface area contributed by atoms with Gasteiger partial charge in [0.1, 0.15) is 5.75 Å². The second-order valence-corrected chi connectivity index (χ2v) is 5.33. The van der Waals surface area contributed by atoms with Gasteiger partial charge in [0.2, 0.25) is 6.79 Å². The van der Waals surface area contributed by atoms with Crippen LogP contribution >= 0.6 is 0 Å². The highest BCUT2D eigenvalue weighted by Gasteiger charge is 2.20. The van der Waals surface area contributed by atoms with Crippen molar-refractivity contribution in [2.24, 2.45) is 0 Å². The first-order chi connectivity index (χ1) is 12.1. The van der Waals surface area contributed by atoms with Crippen LogP contribution in [0.4, 0.5) is 5.69 Å². The Morgan fingerprint density at radius 3 is 2.52 bits per heavy atom. The van der Waals surface area contributed by atoms with Crippen LogP contribution in [0.2, 0.25) is 0 Å². The van der Waals surface area contributed by atoms with E-state index in [2.05, 4.69) is 5.32 Å². The molecule has 0 saturated heterocycles. The highest BCUT2D eigenvalue weighted by Crippen LogP contribution is 2.34. The maximum absolute atomic E-state index is 12.2. The number of carbonyl (C=O) groups is 2. The van der Waals surface area contributed by atoms with Gasteiger partial charge >= 0.3 is 5.97 Å². The molecule has 0 bridgehead atoms. The van der Waals surface area contributed by atoms with E-state index >= 15 is 0 Å². The Labute approximate surface area is 144 Å². The van der Waals surface area contributed by atoms with Gasteiger partial charge in [-0.25, -0.2) is 4.79 Å². The number of hydrogen-bond acceptors (Lipinski definition) is 6. The largest absolute Gasteiger partial charge is 0.497 e. The summed E-state index contributed by atoms with van der Waals surface area (Å²) in [6.45, 7) is 1.66. The number of esters is 1. The Balaban J connectivity index is 1.59. The molecule has 7 nitrogen and oxygen atoms in total. The predicted molar refractivity (Wildman–Crippen MR) is 89.1 cm³/mol. The molecule has 1 aliphatic heterocycles. The number of benzene rings is 2. The molecule has 0 aromatic heterocycles. The van der Waals surface area contributed by atoms with Crippen LogP contribution in [0.3, 0.4) is 0 Å². The second kappa shape index (κ2) is 7.12. The molecule has 1 amide bonds. The van der Waals surface area contributed by atoms with Crippen molar-refractivity contribution in [3.8, 4) is 17.2 Å². The van der Waals surface area contributed by atoms with Crippen molar-refractivity contribution < 1.29 is 28.5 Å². The molecule has 1 heterocycles. The van der Waals surface area contributed by atoms with Crippen molar-refractivity contribution >= 4 is 17.6 Å². The number of fused-ring (bicyclic) bond motifs is 1.